The molecule has 1 aliphatic rings. The maximum Gasteiger partial charge on any atom is 0.244 e. The van der Waals surface area contributed by atoms with Gasteiger partial charge in [0.2, 0.25) is 5.91 Å². The van der Waals surface area contributed by atoms with Crippen molar-refractivity contribution in [2.45, 2.75) is 18.5 Å². The molecular formula is C10H12N2O2. The molecule has 1 saturated carbocycles. The van der Waals surface area contributed by atoms with Crippen LogP contribution in [0.4, 0.5) is 0 Å². The van der Waals surface area contributed by atoms with Crippen molar-refractivity contribution >= 4 is 12.0 Å². The normalized spacial score (nSPS) is 25.2. The van der Waals surface area contributed by atoms with Crippen molar-refractivity contribution in [2.24, 2.45) is 5.73 Å². The molecule has 0 saturated heterocycles. The molecule has 14 heavy (non-hydrogen) atoms. The molecule has 0 bridgehead atoms. The lowest BCUT2D eigenvalue weighted by molar-refractivity contribution is -0.116. The molecule has 0 aromatic carbocycles. The zero-order valence-electron chi connectivity index (χ0n) is 7.64. The number of amides is 1. The largest absolute Gasteiger partial charge is 0.465 e. The van der Waals surface area contributed by atoms with E-state index in [0.717, 1.165) is 6.42 Å². The van der Waals surface area contributed by atoms with Gasteiger partial charge in [-0.05, 0) is 24.6 Å². The van der Waals surface area contributed by atoms with E-state index in [1.54, 1.807) is 24.5 Å². The van der Waals surface area contributed by atoms with Gasteiger partial charge < -0.3 is 15.5 Å². The van der Waals surface area contributed by atoms with Crippen molar-refractivity contribution in [2.75, 3.05) is 0 Å². The maximum absolute atomic E-state index is 11.2. The van der Waals surface area contributed by atoms with Gasteiger partial charge in [0.05, 0.1) is 6.26 Å². The predicted octanol–water partition coefficient (Wildman–Crippen LogP) is 0.509. The molecule has 3 N–H and O–H groups in total. The number of nitrogens with one attached hydrogen (secondary N) is 1. The van der Waals surface area contributed by atoms with E-state index in [1.807, 2.05) is 0 Å². The maximum atomic E-state index is 11.2. The Bertz CT molecular complexity index is 343. The predicted molar refractivity (Wildman–Crippen MR) is 52.3 cm³/mol. The summed E-state index contributed by atoms with van der Waals surface area (Å²) in [6, 6.07) is 3.85. The fourth-order valence-corrected chi connectivity index (χ4v) is 1.16. The van der Waals surface area contributed by atoms with E-state index in [2.05, 4.69) is 5.32 Å². The second kappa shape index (κ2) is 3.67. The molecule has 0 aliphatic heterocycles. The summed E-state index contributed by atoms with van der Waals surface area (Å²) in [5, 5.41) is 2.77. The Morgan fingerprint density at radius 3 is 3.07 bits per heavy atom. The third-order valence-electron chi connectivity index (χ3n) is 2.11. The SMILES string of the molecule is NC1CC1NC(=O)/C=C/c1ccco1. The molecule has 4 nitrogen and oxygen atoms in total. The third-order valence-corrected chi connectivity index (χ3v) is 2.11. The van der Waals surface area contributed by atoms with Gasteiger partial charge in [0.25, 0.3) is 0 Å². The molecule has 2 atom stereocenters. The molecule has 1 heterocycles. The molecule has 4 heteroatoms. The third kappa shape index (κ3) is 2.23. The van der Waals surface area contributed by atoms with Crippen molar-refractivity contribution in [3.63, 3.8) is 0 Å². The Morgan fingerprint density at radius 2 is 2.50 bits per heavy atom. The summed E-state index contributed by atoms with van der Waals surface area (Å²) in [6.45, 7) is 0. The summed E-state index contributed by atoms with van der Waals surface area (Å²) in [5.41, 5.74) is 5.55. The average molecular weight is 192 g/mol. The van der Waals surface area contributed by atoms with E-state index in [4.69, 9.17) is 10.2 Å². The van der Waals surface area contributed by atoms with Crippen LogP contribution >= 0.6 is 0 Å². The molecule has 2 rings (SSSR count). The topological polar surface area (TPSA) is 68.3 Å². The van der Waals surface area contributed by atoms with Crippen molar-refractivity contribution in [3.05, 3.63) is 30.2 Å². The van der Waals surface area contributed by atoms with Gasteiger partial charge in [-0.2, -0.15) is 0 Å². The minimum atomic E-state index is -0.126. The van der Waals surface area contributed by atoms with Gasteiger partial charge in [-0.25, -0.2) is 0 Å². The molecule has 0 radical (unpaired) electrons. The Labute approximate surface area is 81.8 Å². The average Bonchev–Trinajstić information content (AvgIpc) is 2.71. The van der Waals surface area contributed by atoms with Gasteiger partial charge in [0, 0.05) is 18.2 Å². The summed E-state index contributed by atoms with van der Waals surface area (Å²) in [6.07, 6.45) is 5.52. The molecule has 1 amide bonds. The van der Waals surface area contributed by atoms with Crippen LogP contribution in [-0.4, -0.2) is 18.0 Å². The van der Waals surface area contributed by atoms with E-state index in [9.17, 15) is 4.79 Å². The monoisotopic (exact) mass is 192 g/mol. The smallest absolute Gasteiger partial charge is 0.244 e. The van der Waals surface area contributed by atoms with Crippen LogP contribution in [0.3, 0.4) is 0 Å². The number of carbonyl (C=O) groups is 1. The van der Waals surface area contributed by atoms with Gasteiger partial charge in [-0.15, -0.1) is 0 Å². The Kier molecular flexibility index (Phi) is 2.37. The van der Waals surface area contributed by atoms with Gasteiger partial charge in [0.1, 0.15) is 5.76 Å². The van der Waals surface area contributed by atoms with Gasteiger partial charge >= 0.3 is 0 Å². The van der Waals surface area contributed by atoms with Crippen LogP contribution in [0.15, 0.2) is 28.9 Å². The Morgan fingerprint density at radius 1 is 1.71 bits per heavy atom. The van der Waals surface area contributed by atoms with Gasteiger partial charge in [0.15, 0.2) is 0 Å². The second-order valence-electron chi connectivity index (χ2n) is 3.36. The van der Waals surface area contributed by atoms with Crippen LogP contribution in [0, 0.1) is 0 Å². The highest BCUT2D eigenvalue weighted by molar-refractivity contribution is 5.91. The number of nitrogens with two attached hydrogens (primary N) is 1. The Hall–Kier alpha value is -1.55. The fourth-order valence-electron chi connectivity index (χ4n) is 1.16. The Balaban J connectivity index is 1.82. The molecule has 1 aliphatic carbocycles. The lowest BCUT2D eigenvalue weighted by Crippen LogP contribution is -2.27. The summed E-state index contributed by atoms with van der Waals surface area (Å²) in [4.78, 5) is 11.2. The highest BCUT2D eigenvalue weighted by Crippen LogP contribution is 2.17. The highest BCUT2D eigenvalue weighted by atomic mass is 16.3. The van der Waals surface area contributed by atoms with Gasteiger partial charge in [-0.1, -0.05) is 0 Å². The highest BCUT2D eigenvalue weighted by Gasteiger charge is 2.34. The van der Waals surface area contributed by atoms with Crippen molar-refractivity contribution in [1.29, 1.82) is 0 Å². The first-order chi connectivity index (χ1) is 6.75. The van der Waals surface area contributed by atoms with Crippen LogP contribution < -0.4 is 11.1 Å². The molecule has 1 fully saturated rings. The van der Waals surface area contributed by atoms with Crippen LogP contribution in [0.1, 0.15) is 12.2 Å². The van der Waals surface area contributed by atoms with E-state index < -0.39 is 0 Å². The molecule has 2 unspecified atom stereocenters. The number of furan rings is 1. The van der Waals surface area contributed by atoms with Gasteiger partial charge in [-0.3, -0.25) is 4.79 Å². The van der Waals surface area contributed by atoms with E-state index in [-0.39, 0.29) is 18.0 Å². The van der Waals surface area contributed by atoms with Crippen molar-refractivity contribution < 1.29 is 9.21 Å². The molecular weight excluding hydrogens is 180 g/mol. The lowest BCUT2D eigenvalue weighted by Gasteiger charge is -1.96. The van der Waals surface area contributed by atoms with Crippen LogP contribution in [0.5, 0.6) is 0 Å². The standard InChI is InChI=1S/C10H12N2O2/c11-8-6-9(8)12-10(13)4-3-7-2-1-5-14-7/h1-5,8-9H,6,11H2,(H,12,13)/b4-3+. The van der Waals surface area contributed by atoms with E-state index in [1.165, 1.54) is 6.08 Å². The fraction of sp³-hybridized carbons (Fsp3) is 0.300. The summed E-state index contributed by atoms with van der Waals surface area (Å²) < 4.78 is 5.03. The summed E-state index contributed by atoms with van der Waals surface area (Å²) >= 11 is 0. The molecule has 0 spiro atoms. The number of hydrogen-bond donors (Lipinski definition) is 2. The number of hydrogen-bond acceptors (Lipinski definition) is 3. The summed E-state index contributed by atoms with van der Waals surface area (Å²) in [5.74, 6) is 0.541. The number of carbonyl (C=O) groups excluding carboxylic acids is 1. The van der Waals surface area contributed by atoms with Crippen LogP contribution in [0.25, 0.3) is 6.08 Å². The van der Waals surface area contributed by atoms with Crippen LogP contribution in [0.2, 0.25) is 0 Å². The lowest BCUT2D eigenvalue weighted by atomic mass is 10.4. The first-order valence-electron chi connectivity index (χ1n) is 4.53. The summed E-state index contributed by atoms with van der Waals surface area (Å²) in [7, 11) is 0. The van der Waals surface area contributed by atoms with Crippen molar-refractivity contribution in [3.8, 4) is 0 Å². The number of rotatable bonds is 3. The zero-order chi connectivity index (χ0) is 9.97. The molecule has 1 aromatic heterocycles. The minimum absolute atomic E-state index is 0.126. The van der Waals surface area contributed by atoms with E-state index >= 15 is 0 Å². The molecule has 74 valence electrons. The first-order valence-corrected chi connectivity index (χ1v) is 4.53. The zero-order valence-corrected chi connectivity index (χ0v) is 7.64. The minimum Gasteiger partial charge on any atom is -0.465 e. The van der Waals surface area contributed by atoms with Crippen molar-refractivity contribution in [1.82, 2.24) is 5.32 Å². The molecule has 1 aromatic rings. The van der Waals surface area contributed by atoms with E-state index in [0.29, 0.717) is 5.76 Å². The van der Waals surface area contributed by atoms with Crippen LogP contribution in [-0.2, 0) is 4.79 Å². The quantitative estimate of drug-likeness (QED) is 0.685. The first kappa shape index (κ1) is 9.02. The second-order valence-corrected chi connectivity index (χ2v) is 3.36.